The van der Waals surface area contributed by atoms with Crippen LogP contribution in [0.4, 0.5) is 0 Å². The summed E-state index contributed by atoms with van der Waals surface area (Å²) in [6.07, 6.45) is 9.10. The van der Waals surface area contributed by atoms with Crippen LogP contribution in [0.2, 0.25) is 0 Å². The fraction of sp³-hybridized carbons (Fsp3) is 0.308. The lowest BCUT2D eigenvalue weighted by Gasteiger charge is -2.42. The second-order valence-electron chi connectivity index (χ2n) is 8.40. The van der Waals surface area contributed by atoms with Crippen LogP contribution in [-0.4, -0.2) is 9.55 Å². The third-order valence-corrected chi connectivity index (χ3v) is 6.64. The number of rotatable bonds is 3. The summed E-state index contributed by atoms with van der Waals surface area (Å²) in [5.41, 5.74) is 5.20. The van der Waals surface area contributed by atoms with E-state index < -0.39 is 0 Å². The maximum atomic E-state index is 14.1. The van der Waals surface area contributed by atoms with Gasteiger partial charge < -0.3 is 0 Å². The minimum absolute atomic E-state index is 0.0880. The van der Waals surface area contributed by atoms with Gasteiger partial charge in [-0.2, -0.15) is 0 Å². The fourth-order valence-corrected chi connectivity index (χ4v) is 5.36. The topological polar surface area (TPSA) is 34.9 Å². The smallest absolute Gasteiger partial charge is 0.262 e. The van der Waals surface area contributed by atoms with Crippen molar-refractivity contribution in [1.29, 1.82) is 0 Å². The average Bonchev–Trinajstić information content (AvgIpc) is 2.75. The summed E-state index contributed by atoms with van der Waals surface area (Å²) in [6.45, 7) is 3.90. The Morgan fingerprint density at radius 1 is 1.00 bits per heavy atom. The summed E-state index contributed by atoms with van der Waals surface area (Å²) < 4.78 is 1.82. The third kappa shape index (κ3) is 2.88. The van der Waals surface area contributed by atoms with Gasteiger partial charge in [-0.3, -0.25) is 9.36 Å². The molecule has 0 saturated heterocycles. The fourth-order valence-electron chi connectivity index (χ4n) is 5.36. The molecule has 0 radical (unpaired) electrons. The first kappa shape index (κ1) is 18.1. The van der Waals surface area contributed by atoms with Crippen molar-refractivity contribution in [3.05, 3.63) is 94.6 Å². The minimum atomic E-state index is -0.0880. The van der Waals surface area contributed by atoms with Gasteiger partial charge in [0.05, 0.1) is 16.9 Å². The van der Waals surface area contributed by atoms with Crippen LogP contribution < -0.4 is 5.56 Å². The molecule has 2 aromatic carbocycles. The molecule has 0 bridgehead atoms. The van der Waals surface area contributed by atoms with E-state index in [1.54, 1.807) is 0 Å². The molecule has 0 aliphatic heterocycles. The molecule has 0 unspecified atom stereocenters. The van der Waals surface area contributed by atoms with Crippen LogP contribution in [0, 0.1) is 0 Å². The van der Waals surface area contributed by atoms with E-state index >= 15 is 0 Å². The van der Waals surface area contributed by atoms with Crippen LogP contribution >= 0.6 is 0 Å². The third-order valence-electron chi connectivity index (χ3n) is 6.64. The second kappa shape index (κ2) is 7.14. The van der Waals surface area contributed by atoms with Crippen molar-refractivity contribution < 1.29 is 0 Å². The molecule has 3 heteroatoms. The number of aromatic nitrogens is 2. The van der Waals surface area contributed by atoms with Gasteiger partial charge >= 0.3 is 0 Å². The molecule has 0 N–H and O–H groups in total. The van der Waals surface area contributed by atoms with Crippen molar-refractivity contribution in [3.63, 3.8) is 0 Å². The Bertz CT molecular complexity index is 1120. The van der Waals surface area contributed by atoms with Gasteiger partial charge in [-0.15, -0.1) is 6.58 Å². The van der Waals surface area contributed by atoms with Crippen LogP contribution in [-0.2, 0) is 18.3 Å². The van der Waals surface area contributed by atoms with Crippen molar-refractivity contribution in [3.8, 4) is 16.9 Å². The Morgan fingerprint density at radius 2 is 1.72 bits per heavy atom. The molecule has 0 atom stereocenters. The predicted octanol–water partition coefficient (Wildman–Crippen LogP) is 5.39. The highest BCUT2D eigenvalue weighted by Crippen LogP contribution is 2.48. The zero-order valence-electron chi connectivity index (χ0n) is 16.7. The highest BCUT2D eigenvalue weighted by atomic mass is 16.1. The lowest BCUT2D eigenvalue weighted by atomic mass is 9.62. The molecule has 3 nitrogen and oxygen atoms in total. The molecule has 1 spiro atoms. The van der Waals surface area contributed by atoms with Crippen LogP contribution in [0.3, 0.4) is 0 Å². The SMILES string of the molecule is C=CCc1nc2c(c(=O)n1-c1ccccc1)C1(CCCCC1)Cc1ccccc1-2. The molecule has 3 aromatic rings. The van der Waals surface area contributed by atoms with Crippen LogP contribution in [0.25, 0.3) is 16.9 Å². The standard InChI is InChI=1S/C26H26N2O/c1-2-11-22-27-24-21-15-8-7-12-19(21)18-26(16-9-4-10-17-26)23(24)25(29)28(22)20-13-5-3-6-14-20/h2-3,5-8,12-15H,1,4,9-11,16-18H2. The molecule has 2 aliphatic rings. The summed E-state index contributed by atoms with van der Waals surface area (Å²) in [4.78, 5) is 19.2. The number of nitrogens with zero attached hydrogens (tertiary/aromatic N) is 2. The first-order valence-electron chi connectivity index (χ1n) is 10.6. The highest BCUT2D eigenvalue weighted by Gasteiger charge is 2.43. The van der Waals surface area contributed by atoms with E-state index in [4.69, 9.17) is 4.98 Å². The zero-order chi connectivity index (χ0) is 19.8. The predicted molar refractivity (Wildman–Crippen MR) is 118 cm³/mol. The average molecular weight is 383 g/mol. The number of fused-ring (bicyclic) bond motifs is 4. The van der Waals surface area contributed by atoms with Gasteiger partial charge in [-0.1, -0.05) is 67.8 Å². The molecule has 1 fully saturated rings. The second-order valence-corrected chi connectivity index (χ2v) is 8.40. The number of hydrogen-bond acceptors (Lipinski definition) is 2. The Hall–Kier alpha value is -2.94. The Kier molecular flexibility index (Phi) is 4.46. The molecule has 5 rings (SSSR count). The van der Waals surface area contributed by atoms with E-state index in [1.807, 2.05) is 41.0 Å². The van der Waals surface area contributed by atoms with Gasteiger partial charge in [0, 0.05) is 17.4 Å². The zero-order valence-corrected chi connectivity index (χ0v) is 16.7. The summed E-state index contributed by atoms with van der Waals surface area (Å²) in [5, 5.41) is 0. The van der Waals surface area contributed by atoms with Gasteiger partial charge in [0.25, 0.3) is 5.56 Å². The number of benzene rings is 2. The van der Waals surface area contributed by atoms with Crippen molar-refractivity contribution in [2.24, 2.45) is 0 Å². The van der Waals surface area contributed by atoms with Gasteiger partial charge in [0.1, 0.15) is 5.82 Å². The van der Waals surface area contributed by atoms with E-state index in [1.165, 1.54) is 24.8 Å². The van der Waals surface area contributed by atoms with E-state index in [2.05, 4.69) is 30.8 Å². The van der Waals surface area contributed by atoms with Gasteiger partial charge in [-0.05, 0) is 37.0 Å². The van der Waals surface area contributed by atoms with Crippen molar-refractivity contribution >= 4 is 0 Å². The molecular formula is C26H26N2O. The van der Waals surface area contributed by atoms with E-state index in [0.717, 1.165) is 47.6 Å². The van der Waals surface area contributed by atoms with Gasteiger partial charge in [-0.25, -0.2) is 4.98 Å². The van der Waals surface area contributed by atoms with Crippen molar-refractivity contribution in [1.82, 2.24) is 9.55 Å². The van der Waals surface area contributed by atoms with E-state index in [0.29, 0.717) is 6.42 Å². The van der Waals surface area contributed by atoms with E-state index in [-0.39, 0.29) is 11.0 Å². The molecule has 2 aliphatic carbocycles. The largest absolute Gasteiger partial charge is 0.269 e. The normalized spacial score (nSPS) is 16.8. The number of hydrogen-bond donors (Lipinski definition) is 0. The maximum absolute atomic E-state index is 14.1. The monoisotopic (exact) mass is 382 g/mol. The Labute approximate surface area is 171 Å². The summed E-state index contributed by atoms with van der Waals surface area (Å²) >= 11 is 0. The molecule has 1 heterocycles. The Morgan fingerprint density at radius 3 is 2.48 bits per heavy atom. The van der Waals surface area contributed by atoms with Gasteiger partial charge in [0.15, 0.2) is 0 Å². The quantitative estimate of drug-likeness (QED) is 0.570. The van der Waals surface area contributed by atoms with Crippen LogP contribution in [0.5, 0.6) is 0 Å². The lowest BCUT2D eigenvalue weighted by molar-refractivity contribution is 0.284. The van der Waals surface area contributed by atoms with Crippen LogP contribution in [0.15, 0.2) is 72.0 Å². The number of para-hydroxylation sites is 1. The maximum Gasteiger partial charge on any atom is 0.262 e. The van der Waals surface area contributed by atoms with Crippen molar-refractivity contribution in [2.75, 3.05) is 0 Å². The molecule has 0 amide bonds. The lowest BCUT2D eigenvalue weighted by Crippen LogP contribution is -2.43. The van der Waals surface area contributed by atoms with Gasteiger partial charge in [0.2, 0.25) is 0 Å². The number of allylic oxidation sites excluding steroid dienone is 1. The van der Waals surface area contributed by atoms with Crippen LogP contribution in [0.1, 0.15) is 49.1 Å². The highest BCUT2D eigenvalue weighted by molar-refractivity contribution is 5.72. The minimum Gasteiger partial charge on any atom is -0.269 e. The molecule has 1 saturated carbocycles. The molecule has 1 aromatic heterocycles. The Balaban J connectivity index is 1.86. The first-order chi connectivity index (χ1) is 14.2. The molecule has 146 valence electrons. The van der Waals surface area contributed by atoms with E-state index in [9.17, 15) is 4.79 Å². The summed E-state index contributed by atoms with van der Waals surface area (Å²) in [6, 6.07) is 18.4. The van der Waals surface area contributed by atoms with Crippen molar-refractivity contribution in [2.45, 2.75) is 50.4 Å². The molecular weight excluding hydrogens is 356 g/mol. The first-order valence-corrected chi connectivity index (χ1v) is 10.6. The summed E-state index contributed by atoms with van der Waals surface area (Å²) in [7, 11) is 0. The summed E-state index contributed by atoms with van der Waals surface area (Å²) in [5.74, 6) is 0.762. The molecule has 29 heavy (non-hydrogen) atoms.